The summed E-state index contributed by atoms with van der Waals surface area (Å²) in [6.07, 6.45) is 2.04. The molecule has 0 N–H and O–H groups in total. The van der Waals surface area contributed by atoms with Gasteiger partial charge in [0, 0.05) is 46.4 Å². The van der Waals surface area contributed by atoms with Crippen molar-refractivity contribution >= 4 is 68.8 Å². The highest BCUT2D eigenvalue weighted by Crippen LogP contribution is 2.52. The standard InChI is InChI=1S/C79H72N4OSi/c1-52-44-74(80-50-67(52)54-38-40-56(41-39-54)77(2,3)4)83-70-36-23-33-66-65-30-17-20-37-72(65)85(76(66)70,62-28-15-12-16-29-62)73-43-42-61(49-71(73)83)84-60-27-21-26-59(48-60)81-51-82(69-35-19-18-34-68(69)81)75-63(53-24-13-11-14-25-53)31-22-32-64(75)55-45-57(78(5,6)7)47-58(46-55)79(8,9)10/h11-50H,51H2,1-10H3/i11D,13D,14D,24D,25D. The molecule has 3 aliphatic heterocycles. The second-order valence-electron chi connectivity index (χ2n) is 26.1. The van der Waals surface area contributed by atoms with E-state index in [0.717, 1.165) is 67.8 Å². The molecule has 0 saturated heterocycles. The fourth-order valence-electron chi connectivity index (χ4n) is 13.3. The lowest BCUT2D eigenvalue weighted by molar-refractivity contribution is 0.483. The third-order valence-electron chi connectivity index (χ3n) is 17.7. The Morgan fingerprint density at radius 2 is 1.05 bits per heavy atom. The monoisotopic (exact) mass is 1130 g/mol. The average Bonchev–Trinajstić information content (AvgIpc) is 1.46. The lowest BCUT2D eigenvalue weighted by Crippen LogP contribution is -2.75. The van der Waals surface area contributed by atoms with E-state index in [2.05, 4.69) is 254 Å². The second kappa shape index (κ2) is 20.2. The molecule has 3 aliphatic rings. The summed E-state index contributed by atoms with van der Waals surface area (Å²) in [5.41, 5.74) is 17.4. The van der Waals surface area contributed by atoms with E-state index >= 15 is 0 Å². The lowest BCUT2D eigenvalue weighted by Gasteiger charge is -2.43. The minimum Gasteiger partial charge on any atom is -0.457 e. The van der Waals surface area contributed by atoms with Gasteiger partial charge in [0.2, 0.25) is 0 Å². The van der Waals surface area contributed by atoms with Crippen molar-refractivity contribution in [3.63, 3.8) is 0 Å². The molecule has 0 bridgehead atoms. The van der Waals surface area contributed by atoms with Crippen LogP contribution in [-0.4, -0.2) is 19.7 Å². The lowest BCUT2D eigenvalue weighted by atomic mass is 9.78. The fraction of sp³-hybridized carbons (Fsp3) is 0.177. The molecule has 418 valence electrons. The van der Waals surface area contributed by atoms with Crippen molar-refractivity contribution in [1.29, 1.82) is 0 Å². The van der Waals surface area contributed by atoms with Crippen molar-refractivity contribution < 1.29 is 11.6 Å². The van der Waals surface area contributed by atoms with Crippen molar-refractivity contribution in [3.05, 3.63) is 265 Å². The molecule has 0 saturated carbocycles. The third-order valence-corrected chi connectivity index (χ3v) is 22.6. The first-order valence-corrected chi connectivity index (χ1v) is 31.6. The maximum Gasteiger partial charge on any atom is 0.185 e. The highest BCUT2D eigenvalue weighted by Gasteiger charge is 2.55. The first kappa shape index (κ1) is 48.2. The zero-order valence-corrected chi connectivity index (χ0v) is 51.1. The predicted octanol–water partition coefficient (Wildman–Crippen LogP) is 18.5. The topological polar surface area (TPSA) is 31.8 Å². The normalized spacial score (nSPS) is 15.9. The van der Waals surface area contributed by atoms with Crippen LogP contribution in [0.2, 0.25) is 0 Å². The quantitative estimate of drug-likeness (QED) is 0.135. The smallest absolute Gasteiger partial charge is 0.185 e. The molecule has 11 aromatic rings. The van der Waals surface area contributed by atoms with Crippen molar-refractivity contribution in [2.75, 3.05) is 21.4 Å². The van der Waals surface area contributed by atoms with Crippen LogP contribution in [0, 0.1) is 6.92 Å². The van der Waals surface area contributed by atoms with Crippen LogP contribution < -0.4 is 40.2 Å². The largest absolute Gasteiger partial charge is 0.457 e. The number of pyridine rings is 1. The maximum absolute atomic E-state index is 9.37. The van der Waals surface area contributed by atoms with Crippen LogP contribution in [0.15, 0.2) is 243 Å². The summed E-state index contributed by atoms with van der Waals surface area (Å²) in [5, 5.41) is 5.32. The minimum atomic E-state index is -2.96. The van der Waals surface area contributed by atoms with E-state index in [1.807, 2.05) is 42.6 Å². The molecule has 0 amide bonds. The number of hydrogen-bond acceptors (Lipinski definition) is 5. The Labute approximate surface area is 510 Å². The highest BCUT2D eigenvalue weighted by molar-refractivity contribution is 7.23. The summed E-state index contributed by atoms with van der Waals surface area (Å²) in [6, 6.07) is 72.4. The van der Waals surface area contributed by atoms with Crippen LogP contribution in [0.1, 0.15) is 91.4 Å². The van der Waals surface area contributed by atoms with Crippen LogP contribution in [0.25, 0.3) is 44.5 Å². The molecule has 10 aromatic carbocycles. The van der Waals surface area contributed by atoms with Gasteiger partial charge in [-0.3, -0.25) is 4.90 Å². The molecule has 1 aromatic heterocycles. The summed E-state index contributed by atoms with van der Waals surface area (Å²) in [5.74, 6) is 2.16. The number of rotatable bonds is 9. The van der Waals surface area contributed by atoms with Crippen molar-refractivity contribution in [3.8, 4) is 56.0 Å². The summed E-state index contributed by atoms with van der Waals surface area (Å²) >= 11 is 0. The van der Waals surface area contributed by atoms with Gasteiger partial charge in [-0.15, -0.1) is 0 Å². The molecule has 0 spiro atoms. The van der Waals surface area contributed by atoms with Crippen LogP contribution in [-0.2, 0) is 16.2 Å². The Morgan fingerprint density at radius 3 is 1.75 bits per heavy atom. The minimum absolute atomic E-state index is 0.0415. The molecule has 14 rings (SSSR count). The van der Waals surface area contributed by atoms with Crippen molar-refractivity contribution in [1.82, 2.24) is 4.98 Å². The highest BCUT2D eigenvalue weighted by atomic mass is 28.3. The summed E-state index contributed by atoms with van der Waals surface area (Å²) < 4.78 is 52.2. The van der Waals surface area contributed by atoms with Gasteiger partial charge in [-0.2, -0.15) is 0 Å². The molecule has 0 fully saturated rings. The van der Waals surface area contributed by atoms with Crippen molar-refractivity contribution in [2.45, 2.75) is 85.5 Å². The van der Waals surface area contributed by atoms with E-state index < -0.39 is 14.1 Å². The molecule has 4 heterocycles. The summed E-state index contributed by atoms with van der Waals surface area (Å²) in [4.78, 5) is 12.3. The van der Waals surface area contributed by atoms with E-state index in [1.165, 1.54) is 48.6 Å². The first-order chi connectivity index (χ1) is 43.0. The molecule has 0 aliphatic carbocycles. The Hall–Kier alpha value is -9.23. The Balaban J connectivity index is 0.896. The molecular formula is C79H72N4OSi. The van der Waals surface area contributed by atoms with E-state index in [4.69, 9.17) is 13.8 Å². The number of benzene rings is 10. The van der Waals surface area contributed by atoms with Gasteiger partial charge < -0.3 is 14.5 Å². The van der Waals surface area contributed by atoms with Crippen LogP contribution in [0.4, 0.5) is 39.9 Å². The summed E-state index contributed by atoms with van der Waals surface area (Å²) in [7, 11) is -2.96. The van der Waals surface area contributed by atoms with Crippen LogP contribution >= 0.6 is 0 Å². The Kier molecular flexibility index (Phi) is 11.5. The van der Waals surface area contributed by atoms with Gasteiger partial charge >= 0.3 is 0 Å². The molecule has 0 radical (unpaired) electrons. The second-order valence-corrected chi connectivity index (χ2v) is 29.8. The summed E-state index contributed by atoms with van der Waals surface area (Å²) in [6.45, 7) is 22.6. The van der Waals surface area contributed by atoms with Gasteiger partial charge in [0.25, 0.3) is 0 Å². The van der Waals surface area contributed by atoms with Gasteiger partial charge in [0.05, 0.1) is 29.6 Å². The van der Waals surface area contributed by atoms with Gasteiger partial charge in [-0.25, -0.2) is 4.98 Å². The van der Waals surface area contributed by atoms with Gasteiger partial charge in [-0.05, 0) is 136 Å². The maximum atomic E-state index is 9.37. The van der Waals surface area contributed by atoms with Gasteiger partial charge in [0.1, 0.15) is 24.0 Å². The number of ether oxygens (including phenoxy) is 1. The molecule has 5 nitrogen and oxygen atoms in total. The number of hydrogen-bond donors (Lipinski definition) is 0. The van der Waals surface area contributed by atoms with Crippen LogP contribution in [0.3, 0.4) is 0 Å². The van der Waals surface area contributed by atoms with Gasteiger partial charge in [0.15, 0.2) is 8.07 Å². The average molecular weight is 1130 g/mol. The zero-order chi connectivity index (χ0) is 62.9. The van der Waals surface area contributed by atoms with Gasteiger partial charge in [-0.1, -0.05) is 244 Å². The third kappa shape index (κ3) is 9.08. The number of aromatic nitrogens is 1. The van der Waals surface area contributed by atoms with E-state index in [0.29, 0.717) is 23.7 Å². The number of para-hydroxylation sites is 3. The zero-order valence-electron chi connectivity index (χ0n) is 55.1. The molecule has 85 heavy (non-hydrogen) atoms. The molecule has 1 atom stereocenters. The van der Waals surface area contributed by atoms with E-state index in [9.17, 15) is 2.74 Å². The molecule has 6 heteroatoms. The number of nitrogens with zero attached hydrogens (tertiary/aromatic N) is 4. The van der Waals surface area contributed by atoms with E-state index in [-0.39, 0.29) is 46.0 Å². The Bertz CT molecular complexity index is 4660. The van der Waals surface area contributed by atoms with Crippen LogP contribution in [0.5, 0.6) is 11.5 Å². The molecule has 1 unspecified atom stereocenters. The predicted molar refractivity (Wildman–Crippen MR) is 361 cm³/mol. The number of aryl methyl sites for hydroxylation is 1. The van der Waals surface area contributed by atoms with Crippen molar-refractivity contribution in [2.24, 2.45) is 0 Å². The Morgan fingerprint density at radius 1 is 0.447 bits per heavy atom. The van der Waals surface area contributed by atoms with E-state index in [1.54, 1.807) is 0 Å². The fourth-order valence-corrected chi connectivity index (χ4v) is 18.8. The number of fused-ring (bicyclic) bond motifs is 6. The SMILES string of the molecule is [2H]c1c([2H])c([2H])c(-c2cccc(-c3cc(C(C)(C)C)cc(C(C)(C)C)c3)c2N2CN(c3cccc(Oc4ccc5c(c4)N(c4cc(C)c(-c6ccc(C(C)(C)C)cc6)cn4)c4cccc6c4[Si]5(c4ccccc4)c4ccccc4-6)c3)c3ccccc32)c([2H])c1[2H]. The molecular weight excluding hydrogens is 1050 g/mol. The first-order valence-electron chi connectivity index (χ1n) is 32.1. The number of anilines is 7.